The van der Waals surface area contributed by atoms with Crippen LogP contribution in [-0.2, 0) is 28.0 Å². The van der Waals surface area contributed by atoms with Gasteiger partial charge in [-0.2, -0.15) is 13.2 Å². The van der Waals surface area contributed by atoms with Crippen LogP contribution in [0.1, 0.15) is 43.2 Å². The summed E-state index contributed by atoms with van der Waals surface area (Å²) in [6.45, 7) is 5.87. The topological polar surface area (TPSA) is 98.0 Å². The van der Waals surface area contributed by atoms with Crippen LogP contribution in [0.4, 0.5) is 13.2 Å². The Hall–Kier alpha value is -4.12. The molecule has 2 aromatic heterocycles. The fourth-order valence-electron chi connectivity index (χ4n) is 4.51. The van der Waals surface area contributed by atoms with E-state index in [-0.39, 0.29) is 39.2 Å². The fourth-order valence-corrected chi connectivity index (χ4v) is 6.09. The molecule has 39 heavy (non-hydrogen) atoms. The molecule has 0 unspecified atom stereocenters. The van der Waals surface area contributed by atoms with E-state index in [1.807, 2.05) is 26.8 Å². The minimum atomic E-state index is -4.60. The van der Waals surface area contributed by atoms with E-state index < -0.39 is 27.5 Å². The first kappa shape index (κ1) is 26.5. The van der Waals surface area contributed by atoms with Gasteiger partial charge in [0.15, 0.2) is 5.82 Å². The molecule has 0 fully saturated rings. The Labute approximate surface area is 221 Å². The molecule has 0 aliphatic carbocycles. The van der Waals surface area contributed by atoms with Gasteiger partial charge < -0.3 is 0 Å². The molecule has 0 aliphatic heterocycles. The molecule has 1 N–H and O–H groups in total. The van der Waals surface area contributed by atoms with Crippen molar-refractivity contribution in [3.05, 3.63) is 106 Å². The Bertz CT molecular complexity index is 1860. The van der Waals surface area contributed by atoms with E-state index in [1.165, 1.54) is 18.2 Å². The second kappa shape index (κ2) is 9.26. The monoisotopic (exact) mass is 555 g/mol. The number of aromatic nitrogens is 3. The highest BCUT2D eigenvalue weighted by molar-refractivity contribution is 7.90. The van der Waals surface area contributed by atoms with Crippen molar-refractivity contribution in [2.45, 2.75) is 43.7 Å². The predicted molar refractivity (Wildman–Crippen MR) is 140 cm³/mol. The van der Waals surface area contributed by atoms with Gasteiger partial charge in [0, 0.05) is 23.1 Å². The van der Waals surface area contributed by atoms with Crippen LogP contribution < -0.4 is 5.76 Å². The third-order valence-electron chi connectivity index (χ3n) is 6.48. The van der Waals surface area contributed by atoms with Gasteiger partial charge in [-0.3, -0.25) is 9.51 Å². The van der Waals surface area contributed by atoms with Gasteiger partial charge in [-0.25, -0.2) is 17.2 Å². The zero-order valence-electron chi connectivity index (χ0n) is 21.2. The van der Waals surface area contributed by atoms with Crippen molar-refractivity contribution in [2.24, 2.45) is 0 Å². The molecule has 7 nitrogen and oxygen atoms in total. The number of rotatable bonds is 5. The predicted octanol–water partition coefficient (Wildman–Crippen LogP) is 6.13. The third kappa shape index (κ3) is 5.01. The molecule has 0 radical (unpaired) electrons. The highest BCUT2D eigenvalue weighted by Crippen LogP contribution is 2.35. The number of halogens is 3. The van der Waals surface area contributed by atoms with Gasteiger partial charge in [-0.1, -0.05) is 62.3 Å². The summed E-state index contributed by atoms with van der Waals surface area (Å²) in [7, 11) is -4.23. The van der Waals surface area contributed by atoms with E-state index in [2.05, 4.69) is 14.7 Å². The van der Waals surface area contributed by atoms with E-state index >= 15 is 0 Å². The average Bonchev–Trinajstić information content (AvgIpc) is 3.46. The molecular weight excluding hydrogens is 531 g/mol. The number of aromatic amines is 1. The van der Waals surface area contributed by atoms with Gasteiger partial charge >= 0.3 is 11.9 Å². The standard InChI is InChI=1S/C28H24F3N3O4S/c1-27(2,3)19-8-6-9-22(16-19)39(36,37)34-21(15-18-13-20(28(29,30)31)11-12-24(18)34)14-17-7-4-5-10-23(17)25-32-26(35)38-33-25/h4-13,15-16H,14H2,1-3H3,(H,32,33,35). The number of nitrogens with zero attached hydrogens (tertiary/aromatic N) is 2. The summed E-state index contributed by atoms with van der Waals surface area (Å²) in [5.41, 5.74) is 1.01. The van der Waals surface area contributed by atoms with Crippen LogP contribution in [0, 0.1) is 0 Å². The van der Waals surface area contributed by atoms with E-state index in [1.54, 1.807) is 36.4 Å². The van der Waals surface area contributed by atoms with Gasteiger partial charge in [-0.15, -0.1) is 0 Å². The lowest BCUT2D eigenvalue weighted by molar-refractivity contribution is -0.137. The highest BCUT2D eigenvalue weighted by Gasteiger charge is 2.32. The molecule has 0 bridgehead atoms. The second-order valence-electron chi connectivity index (χ2n) is 10.2. The summed E-state index contributed by atoms with van der Waals surface area (Å²) in [6, 6.07) is 17.8. The average molecular weight is 556 g/mol. The lowest BCUT2D eigenvalue weighted by Crippen LogP contribution is -2.18. The molecule has 5 rings (SSSR count). The van der Waals surface area contributed by atoms with Gasteiger partial charge in [0.2, 0.25) is 0 Å². The molecule has 202 valence electrons. The number of alkyl halides is 3. The molecule has 0 amide bonds. The Balaban J connectivity index is 1.73. The SMILES string of the molecule is CC(C)(C)c1cccc(S(=O)(=O)n2c(Cc3ccccc3-c3noc(=O)[nH]3)cc3cc(C(F)(F)F)ccc32)c1. The van der Waals surface area contributed by atoms with Crippen molar-refractivity contribution in [1.29, 1.82) is 0 Å². The maximum atomic E-state index is 14.1. The largest absolute Gasteiger partial charge is 0.439 e. The number of benzene rings is 3. The molecule has 5 aromatic rings. The normalized spacial score (nSPS) is 12.8. The molecule has 0 spiro atoms. The van der Waals surface area contributed by atoms with Crippen LogP contribution in [0.25, 0.3) is 22.3 Å². The number of nitrogens with one attached hydrogen (secondary N) is 1. The van der Waals surface area contributed by atoms with Crippen molar-refractivity contribution < 1.29 is 26.1 Å². The summed E-state index contributed by atoms with van der Waals surface area (Å²) in [4.78, 5) is 14.0. The summed E-state index contributed by atoms with van der Waals surface area (Å²) < 4.78 is 74.4. The minimum Gasteiger partial charge on any atom is -0.296 e. The molecule has 2 heterocycles. The van der Waals surface area contributed by atoms with Crippen molar-refractivity contribution in [3.63, 3.8) is 0 Å². The molecule has 0 saturated heterocycles. The number of hydrogen-bond acceptors (Lipinski definition) is 5. The van der Waals surface area contributed by atoms with Gasteiger partial charge in [0.1, 0.15) is 0 Å². The van der Waals surface area contributed by atoms with Crippen molar-refractivity contribution in [2.75, 3.05) is 0 Å². The fraction of sp³-hybridized carbons (Fsp3) is 0.214. The van der Waals surface area contributed by atoms with Crippen LogP contribution in [-0.4, -0.2) is 22.5 Å². The second-order valence-corrected chi connectivity index (χ2v) is 12.0. The molecule has 11 heteroatoms. The Morgan fingerprint density at radius 2 is 1.67 bits per heavy atom. The van der Waals surface area contributed by atoms with Gasteiger partial charge in [0.25, 0.3) is 10.0 Å². The van der Waals surface area contributed by atoms with Crippen LogP contribution in [0.2, 0.25) is 0 Å². The van der Waals surface area contributed by atoms with Gasteiger partial charge in [-0.05, 0) is 52.9 Å². The van der Waals surface area contributed by atoms with E-state index in [0.717, 1.165) is 21.7 Å². The quantitative estimate of drug-likeness (QED) is 0.281. The summed E-state index contributed by atoms with van der Waals surface area (Å²) in [5, 5.41) is 3.86. The van der Waals surface area contributed by atoms with Crippen molar-refractivity contribution in [3.8, 4) is 11.4 Å². The maximum absolute atomic E-state index is 14.1. The van der Waals surface area contributed by atoms with Gasteiger partial charge in [0.05, 0.1) is 16.0 Å². The molecule has 0 saturated carbocycles. The highest BCUT2D eigenvalue weighted by atomic mass is 32.2. The molecule has 0 atom stereocenters. The van der Waals surface area contributed by atoms with Crippen molar-refractivity contribution in [1.82, 2.24) is 14.1 Å². The first-order valence-electron chi connectivity index (χ1n) is 12.0. The smallest absolute Gasteiger partial charge is 0.296 e. The number of H-pyrrole nitrogens is 1. The van der Waals surface area contributed by atoms with Crippen LogP contribution in [0.5, 0.6) is 0 Å². The van der Waals surface area contributed by atoms with Crippen LogP contribution in [0.3, 0.4) is 0 Å². The third-order valence-corrected chi connectivity index (χ3v) is 8.24. The van der Waals surface area contributed by atoms with E-state index in [9.17, 15) is 26.4 Å². The summed E-state index contributed by atoms with van der Waals surface area (Å²) in [6.07, 6.45) is -4.58. The first-order valence-corrected chi connectivity index (χ1v) is 13.4. The summed E-state index contributed by atoms with van der Waals surface area (Å²) >= 11 is 0. The zero-order valence-corrected chi connectivity index (χ0v) is 22.0. The lowest BCUT2D eigenvalue weighted by atomic mass is 9.87. The van der Waals surface area contributed by atoms with Crippen molar-refractivity contribution >= 4 is 20.9 Å². The Morgan fingerprint density at radius 3 is 2.33 bits per heavy atom. The molecule has 3 aromatic carbocycles. The maximum Gasteiger partial charge on any atom is 0.439 e. The molecular formula is C28H24F3N3O4S. The number of hydrogen-bond donors (Lipinski definition) is 1. The van der Waals surface area contributed by atoms with Crippen LogP contribution in [0.15, 0.2) is 87.0 Å². The van der Waals surface area contributed by atoms with Crippen LogP contribution >= 0.6 is 0 Å². The van der Waals surface area contributed by atoms with E-state index in [0.29, 0.717) is 11.1 Å². The Morgan fingerprint density at radius 1 is 0.923 bits per heavy atom. The minimum absolute atomic E-state index is 0.0132. The first-order chi connectivity index (χ1) is 18.2. The Kier molecular flexibility index (Phi) is 6.29. The van der Waals surface area contributed by atoms with E-state index in [4.69, 9.17) is 0 Å². The summed E-state index contributed by atoms with van der Waals surface area (Å²) in [5.74, 6) is -0.603. The zero-order chi connectivity index (χ0) is 28.2. The lowest BCUT2D eigenvalue weighted by Gasteiger charge is -2.20. The number of fused-ring (bicyclic) bond motifs is 1. The molecule has 0 aliphatic rings.